The Balaban J connectivity index is 3.54. The fourth-order valence-corrected chi connectivity index (χ4v) is 0.941. The number of pyridine rings is 1. The van der Waals surface area contributed by atoms with Crippen LogP contribution < -0.4 is 5.43 Å². The SMILES string of the molecule is N#Cc1c[nH]c(C(F)F)c(C=O)c1=O. The first kappa shape index (κ1) is 10.1. The topological polar surface area (TPSA) is 73.7 Å². The van der Waals surface area contributed by atoms with Crippen molar-refractivity contribution in [3.05, 3.63) is 33.2 Å². The van der Waals surface area contributed by atoms with Gasteiger partial charge >= 0.3 is 0 Å². The van der Waals surface area contributed by atoms with Gasteiger partial charge < -0.3 is 4.98 Å². The Morgan fingerprint density at radius 3 is 2.64 bits per heavy atom. The summed E-state index contributed by atoms with van der Waals surface area (Å²) in [4.78, 5) is 23.6. The number of carbonyl (C=O) groups is 1. The Bertz CT molecular complexity index is 459. The van der Waals surface area contributed by atoms with Crippen LogP contribution in [-0.4, -0.2) is 11.3 Å². The van der Waals surface area contributed by atoms with Crippen molar-refractivity contribution < 1.29 is 13.6 Å². The predicted octanol–water partition coefficient (Wildman–Crippen LogP) is 0.997. The molecule has 0 bridgehead atoms. The molecule has 1 aromatic rings. The van der Waals surface area contributed by atoms with Crippen LogP contribution in [0.2, 0.25) is 0 Å². The molecule has 0 unspecified atom stereocenters. The number of alkyl halides is 2. The third-order valence-corrected chi connectivity index (χ3v) is 1.61. The van der Waals surface area contributed by atoms with E-state index in [2.05, 4.69) is 0 Å². The van der Waals surface area contributed by atoms with Crippen LogP contribution in [0.5, 0.6) is 0 Å². The van der Waals surface area contributed by atoms with Crippen molar-refractivity contribution in [1.29, 1.82) is 5.26 Å². The first-order valence-corrected chi connectivity index (χ1v) is 3.50. The Hall–Kier alpha value is -2.03. The van der Waals surface area contributed by atoms with Gasteiger partial charge in [0.15, 0.2) is 6.29 Å². The molecule has 0 radical (unpaired) electrons. The Morgan fingerprint density at radius 1 is 1.57 bits per heavy atom. The molecule has 6 heteroatoms. The number of hydrogen-bond acceptors (Lipinski definition) is 3. The van der Waals surface area contributed by atoms with E-state index < -0.39 is 23.1 Å². The molecule has 0 spiro atoms. The summed E-state index contributed by atoms with van der Waals surface area (Å²) in [6.45, 7) is 0. The maximum atomic E-state index is 12.2. The fraction of sp³-hybridized carbons (Fsp3) is 0.125. The standard InChI is InChI=1S/C8H4F2N2O2/c9-8(10)6-5(3-13)7(14)4(1-11)2-12-6/h2-3,8H,(H,12,14). The molecule has 1 heterocycles. The number of hydrogen-bond donors (Lipinski definition) is 1. The number of halogens is 2. The van der Waals surface area contributed by atoms with E-state index in [-0.39, 0.29) is 11.8 Å². The van der Waals surface area contributed by atoms with E-state index in [0.717, 1.165) is 6.20 Å². The molecule has 0 saturated heterocycles. The second-order valence-electron chi connectivity index (χ2n) is 2.39. The summed E-state index contributed by atoms with van der Waals surface area (Å²) in [5.74, 6) is 0. The van der Waals surface area contributed by atoms with Crippen molar-refractivity contribution in [1.82, 2.24) is 4.98 Å². The molecule has 0 aliphatic rings. The van der Waals surface area contributed by atoms with Gasteiger partial charge in [-0.2, -0.15) is 5.26 Å². The molecule has 0 amide bonds. The van der Waals surface area contributed by atoms with Crippen molar-refractivity contribution in [2.75, 3.05) is 0 Å². The van der Waals surface area contributed by atoms with E-state index in [1.807, 2.05) is 4.98 Å². The maximum absolute atomic E-state index is 12.2. The summed E-state index contributed by atoms with van der Waals surface area (Å²) < 4.78 is 24.4. The molecule has 1 rings (SSSR count). The maximum Gasteiger partial charge on any atom is 0.279 e. The molecule has 4 nitrogen and oxygen atoms in total. The number of aromatic amines is 1. The Kier molecular flexibility index (Phi) is 2.72. The molecular formula is C8H4F2N2O2. The van der Waals surface area contributed by atoms with Gasteiger partial charge in [0.05, 0.1) is 11.3 Å². The first-order chi connectivity index (χ1) is 6.61. The molecule has 72 valence electrons. The summed E-state index contributed by atoms with van der Waals surface area (Å²) in [7, 11) is 0. The smallest absolute Gasteiger partial charge is 0.279 e. The molecule has 0 aliphatic carbocycles. The van der Waals surface area contributed by atoms with Gasteiger partial charge in [-0.3, -0.25) is 9.59 Å². The summed E-state index contributed by atoms with van der Waals surface area (Å²) >= 11 is 0. The molecule has 0 saturated carbocycles. The monoisotopic (exact) mass is 198 g/mol. The second-order valence-corrected chi connectivity index (χ2v) is 2.39. The minimum absolute atomic E-state index is 0.0150. The van der Waals surface area contributed by atoms with Crippen molar-refractivity contribution in [2.45, 2.75) is 6.43 Å². The van der Waals surface area contributed by atoms with Crippen molar-refractivity contribution >= 4 is 6.29 Å². The average molecular weight is 198 g/mol. The van der Waals surface area contributed by atoms with Gasteiger partial charge in [-0.25, -0.2) is 8.78 Å². The van der Waals surface area contributed by atoms with E-state index in [1.165, 1.54) is 6.07 Å². The number of nitrogens with one attached hydrogen (secondary N) is 1. The predicted molar refractivity (Wildman–Crippen MR) is 42.1 cm³/mol. The van der Waals surface area contributed by atoms with Gasteiger partial charge in [0, 0.05) is 6.20 Å². The highest BCUT2D eigenvalue weighted by molar-refractivity contribution is 5.77. The number of carbonyl (C=O) groups excluding carboxylic acids is 1. The number of H-pyrrole nitrogens is 1. The fourth-order valence-electron chi connectivity index (χ4n) is 0.941. The van der Waals surface area contributed by atoms with Gasteiger partial charge in [-0.1, -0.05) is 0 Å². The van der Waals surface area contributed by atoms with Crippen molar-refractivity contribution in [2.24, 2.45) is 0 Å². The van der Waals surface area contributed by atoms with Crippen LogP contribution >= 0.6 is 0 Å². The molecule has 0 aliphatic heterocycles. The molecule has 0 atom stereocenters. The molecule has 14 heavy (non-hydrogen) atoms. The molecule has 0 fully saturated rings. The Labute approximate surface area is 76.8 Å². The molecule has 0 aromatic carbocycles. The third-order valence-electron chi connectivity index (χ3n) is 1.61. The Morgan fingerprint density at radius 2 is 2.21 bits per heavy atom. The number of aromatic nitrogens is 1. The normalized spacial score (nSPS) is 9.86. The van der Waals surface area contributed by atoms with E-state index in [9.17, 15) is 18.4 Å². The lowest BCUT2D eigenvalue weighted by Crippen LogP contribution is -2.16. The van der Waals surface area contributed by atoms with Crippen LogP contribution in [0.15, 0.2) is 11.0 Å². The summed E-state index contributed by atoms with van der Waals surface area (Å²) in [5.41, 5.74) is -2.80. The molecule has 1 aromatic heterocycles. The first-order valence-electron chi connectivity index (χ1n) is 3.50. The zero-order chi connectivity index (χ0) is 10.7. The number of aldehydes is 1. The number of nitriles is 1. The van der Waals surface area contributed by atoms with E-state index in [4.69, 9.17) is 5.26 Å². The van der Waals surface area contributed by atoms with E-state index in [1.54, 1.807) is 0 Å². The van der Waals surface area contributed by atoms with Crippen LogP contribution in [0.25, 0.3) is 0 Å². The van der Waals surface area contributed by atoms with Crippen molar-refractivity contribution in [3.8, 4) is 6.07 Å². The van der Waals surface area contributed by atoms with Crippen molar-refractivity contribution in [3.63, 3.8) is 0 Å². The highest BCUT2D eigenvalue weighted by Gasteiger charge is 2.17. The van der Waals surface area contributed by atoms with Gasteiger partial charge in [0.25, 0.3) is 6.43 Å². The quantitative estimate of drug-likeness (QED) is 0.720. The van der Waals surface area contributed by atoms with Crippen LogP contribution in [0.4, 0.5) is 8.78 Å². The summed E-state index contributed by atoms with van der Waals surface area (Å²) in [5, 5.41) is 8.39. The van der Waals surface area contributed by atoms with Gasteiger partial charge in [0.1, 0.15) is 11.6 Å². The lowest BCUT2D eigenvalue weighted by Gasteiger charge is -2.02. The van der Waals surface area contributed by atoms with Crippen LogP contribution in [0.3, 0.4) is 0 Å². The summed E-state index contributed by atoms with van der Waals surface area (Å²) in [6.07, 6.45) is -2.08. The van der Waals surface area contributed by atoms with Crippen LogP contribution in [0, 0.1) is 11.3 Å². The van der Waals surface area contributed by atoms with Gasteiger partial charge in [-0.05, 0) is 0 Å². The van der Waals surface area contributed by atoms with Crippen LogP contribution in [0.1, 0.15) is 28.0 Å². The second kappa shape index (κ2) is 3.79. The number of rotatable bonds is 2. The van der Waals surface area contributed by atoms with Gasteiger partial charge in [-0.15, -0.1) is 0 Å². The van der Waals surface area contributed by atoms with E-state index in [0.29, 0.717) is 0 Å². The highest BCUT2D eigenvalue weighted by atomic mass is 19.3. The zero-order valence-electron chi connectivity index (χ0n) is 6.75. The largest absolute Gasteiger partial charge is 0.358 e. The minimum atomic E-state index is -2.95. The average Bonchev–Trinajstić information content (AvgIpc) is 2.17. The number of nitrogens with zero attached hydrogens (tertiary/aromatic N) is 1. The zero-order valence-corrected chi connectivity index (χ0v) is 6.75. The third kappa shape index (κ3) is 1.52. The molecule has 1 N–H and O–H groups in total. The lowest BCUT2D eigenvalue weighted by atomic mass is 10.1. The minimum Gasteiger partial charge on any atom is -0.358 e. The van der Waals surface area contributed by atoms with E-state index >= 15 is 0 Å². The van der Waals surface area contributed by atoms with Crippen LogP contribution in [-0.2, 0) is 0 Å². The summed E-state index contributed by atoms with van der Waals surface area (Å²) in [6, 6.07) is 1.49. The molecular weight excluding hydrogens is 194 g/mol. The lowest BCUT2D eigenvalue weighted by molar-refractivity contribution is 0.110. The highest BCUT2D eigenvalue weighted by Crippen LogP contribution is 2.17. The van der Waals surface area contributed by atoms with Gasteiger partial charge in [0.2, 0.25) is 5.43 Å².